The number of fused-ring (bicyclic) bond motifs is 3. The second kappa shape index (κ2) is 8.97. The Labute approximate surface area is 176 Å². The molecule has 0 saturated heterocycles. The van der Waals surface area contributed by atoms with Crippen molar-refractivity contribution in [2.24, 2.45) is 0 Å². The lowest BCUT2D eigenvalue weighted by Gasteiger charge is -2.20. The highest BCUT2D eigenvalue weighted by molar-refractivity contribution is 6.07. The number of ether oxygens (including phenoxy) is 2. The molecule has 0 fully saturated rings. The van der Waals surface area contributed by atoms with Crippen LogP contribution in [0.4, 0.5) is 0 Å². The predicted octanol–water partition coefficient (Wildman–Crippen LogP) is 5.50. The summed E-state index contributed by atoms with van der Waals surface area (Å²) >= 11 is 0. The van der Waals surface area contributed by atoms with Crippen LogP contribution >= 0.6 is 0 Å². The molecule has 4 aromatic rings. The van der Waals surface area contributed by atoms with E-state index in [2.05, 4.69) is 35.4 Å². The fraction of sp³-hybridized carbons (Fsp3) is 0.192. The highest BCUT2D eigenvalue weighted by Gasteiger charge is 2.19. The van der Waals surface area contributed by atoms with E-state index in [0.29, 0.717) is 25.3 Å². The molecule has 0 aliphatic carbocycles. The second-order valence-corrected chi connectivity index (χ2v) is 7.45. The molecule has 0 radical (unpaired) electrons. The van der Waals surface area contributed by atoms with Crippen LogP contribution in [0.15, 0.2) is 91.0 Å². The standard InChI is InChI=1S/C26H25NO3/c1-19(2)26(28)30-21(18-29-17-20-10-4-3-5-11-20)16-27-24-14-8-6-12-22(24)23-13-7-9-15-25(23)27/h3-15,21H,1,16-18H2,2H3. The van der Waals surface area contributed by atoms with Gasteiger partial charge in [0, 0.05) is 27.4 Å². The van der Waals surface area contributed by atoms with Gasteiger partial charge in [-0.05, 0) is 24.6 Å². The number of carbonyl (C=O) groups is 1. The largest absolute Gasteiger partial charge is 0.455 e. The molecule has 152 valence electrons. The summed E-state index contributed by atoms with van der Waals surface area (Å²) in [6.07, 6.45) is -0.433. The fourth-order valence-electron chi connectivity index (χ4n) is 3.66. The van der Waals surface area contributed by atoms with E-state index in [1.165, 1.54) is 10.8 Å². The minimum absolute atomic E-state index is 0.300. The SMILES string of the molecule is C=C(C)C(=O)OC(COCc1ccccc1)Cn1c2ccccc2c2ccccc21. The lowest BCUT2D eigenvalue weighted by molar-refractivity contribution is -0.148. The number of hydrogen-bond donors (Lipinski definition) is 0. The van der Waals surface area contributed by atoms with Crippen LogP contribution in [0.25, 0.3) is 21.8 Å². The number of carbonyl (C=O) groups excluding carboxylic acids is 1. The Morgan fingerprint density at radius 2 is 1.47 bits per heavy atom. The van der Waals surface area contributed by atoms with E-state index in [9.17, 15) is 4.79 Å². The molecule has 4 rings (SSSR count). The molecule has 0 spiro atoms. The van der Waals surface area contributed by atoms with Crippen LogP contribution in [0.2, 0.25) is 0 Å². The highest BCUT2D eigenvalue weighted by Crippen LogP contribution is 2.29. The van der Waals surface area contributed by atoms with Crippen molar-refractivity contribution in [2.75, 3.05) is 6.61 Å². The van der Waals surface area contributed by atoms with Crippen molar-refractivity contribution in [3.63, 3.8) is 0 Å². The molecule has 0 bridgehead atoms. The zero-order valence-electron chi connectivity index (χ0n) is 17.1. The zero-order valence-corrected chi connectivity index (χ0v) is 17.1. The molecule has 0 aliphatic rings. The van der Waals surface area contributed by atoms with Gasteiger partial charge in [0.1, 0.15) is 6.10 Å². The van der Waals surface area contributed by atoms with Crippen molar-refractivity contribution < 1.29 is 14.3 Å². The van der Waals surface area contributed by atoms with Gasteiger partial charge >= 0.3 is 5.97 Å². The Morgan fingerprint density at radius 3 is 2.07 bits per heavy atom. The summed E-state index contributed by atoms with van der Waals surface area (Å²) in [6, 6.07) is 26.5. The first-order chi connectivity index (χ1) is 14.6. The molecule has 4 heteroatoms. The first kappa shape index (κ1) is 19.9. The maximum absolute atomic E-state index is 12.3. The first-order valence-corrected chi connectivity index (χ1v) is 10.1. The van der Waals surface area contributed by atoms with E-state index in [-0.39, 0.29) is 0 Å². The van der Waals surface area contributed by atoms with Gasteiger partial charge in [0.25, 0.3) is 0 Å². The van der Waals surface area contributed by atoms with E-state index in [4.69, 9.17) is 9.47 Å². The minimum atomic E-state index is -0.433. The third-order valence-electron chi connectivity index (χ3n) is 5.10. The summed E-state index contributed by atoms with van der Waals surface area (Å²) < 4.78 is 13.9. The van der Waals surface area contributed by atoms with Crippen LogP contribution in [-0.4, -0.2) is 23.2 Å². The zero-order chi connectivity index (χ0) is 20.9. The Morgan fingerprint density at radius 1 is 0.900 bits per heavy atom. The molecule has 1 unspecified atom stereocenters. The summed E-state index contributed by atoms with van der Waals surface area (Å²) in [6.45, 7) is 6.64. The van der Waals surface area contributed by atoms with Crippen molar-refractivity contribution in [3.8, 4) is 0 Å². The molecule has 1 aromatic heterocycles. The smallest absolute Gasteiger partial charge is 0.333 e. The molecule has 0 aliphatic heterocycles. The normalized spacial score (nSPS) is 12.2. The van der Waals surface area contributed by atoms with Crippen molar-refractivity contribution >= 4 is 27.8 Å². The van der Waals surface area contributed by atoms with E-state index >= 15 is 0 Å². The monoisotopic (exact) mass is 399 g/mol. The minimum Gasteiger partial charge on any atom is -0.455 e. The van der Waals surface area contributed by atoms with Crippen molar-refractivity contribution in [2.45, 2.75) is 26.2 Å². The lowest BCUT2D eigenvalue weighted by Crippen LogP contribution is -2.28. The van der Waals surface area contributed by atoms with Crippen LogP contribution in [-0.2, 0) is 27.4 Å². The second-order valence-electron chi connectivity index (χ2n) is 7.45. The topological polar surface area (TPSA) is 40.5 Å². The average Bonchev–Trinajstić information content (AvgIpc) is 3.08. The van der Waals surface area contributed by atoms with Crippen molar-refractivity contribution in [3.05, 3.63) is 96.6 Å². The summed E-state index contributed by atoms with van der Waals surface area (Å²) in [7, 11) is 0. The Hall–Kier alpha value is -3.37. The van der Waals surface area contributed by atoms with E-state index < -0.39 is 12.1 Å². The van der Waals surface area contributed by atoms with Crippen LogP contribution in [0.5, 0.6) is 0 Å². The quantitative estimate of drug-likeness (QED) is 0.290. The number of benzene rings is 3. The predicted molar refractivity (Wildman–Crippen MR) is 120 cm³/mol. The molecular weight excluding hydrogens is 374 g/mol. The van der Waals surface area contributed by atoms with Crippen molar-refractivity contribution in [1.29, 1.82) is 0 Å². The van der Waals surface area contributed by atoms with Crippen molar-refractivity contribution in [1.82, 2.24) is 4.57 Å². The number of hydrogen-bond acceptors (Lipinski definition) is 3. The third kappa shape index (κ3) is 4.29. The molecule has 30 heavy (non-hydrogen) atoms. The third-order valence-corrected chi connectivity index (χ3v) is 5.10. The molecule has 0 saturated carbocycles. The van der Waals surface area contributed by atoms with Crippen LogP contribution in [0.1, 0.15) is 12.5 Å². The van der Waals surface area contributed by atoms with Gasteiger partial charge in [-0.25, -0.2) is 4.79 Å². The van der Waals surface area contributed by atoms with Gasteiger partial charge < -0.3 is 14.0 Å². The highest BCUT2D eigenvalue weighted by atomic mass is 16.6. The van der Waals surface area contributed by atoms with Gasteiger partial charge in [0.15, 0.2) is 0 Å². The van der Waals surface area contributed by atoms with Gasteiger partial charge in [-0.2, -0.15) is 0 Å². The van der Waals surface area contributed by atoms with E-state index in [1.807, 2.05) is 54.6 Å². The van der Waals surface area contributed by atoms with Crippen LogP contribution < -0.4 is 0 Å². The number of rotatable bonds is 8. The van der Waals surface area contributed by atoms with Crippen LogP contribution in [0, 0.1) is 0 Å². The van der Waals surface area contributed by atoms with Gasteiger partial charge in [-0.3, -0.25) is 0 Å². The lowest BCUT2D eigenvalue weighted by atomic mass is 10.2. The van der Waals surface area contributed by atoms with Gasteiger partial charge in [-0.1, -0.05) is 73.3 Å². The Bertz CT molecular complexity index is 1120. The Kier molecular flexibility index (Phi) is 5.96. The fourth-order valence-corrected chi connectivity index (χ4v) is 3.66. The number of esters is 1. The molecule has 1 atom stereocenters. The van der Waals surface area contributed by atoms with Gasteiger partial charge in [-0.15, -0.1) is 0 Å². The summed E-state index contributed by atoms with van der Waals surface area (Å²) in [4.78, 5) is 12.3. The van der Waals surface area contributed by atoms with E-state index in [0.717, 1.165) is 16.6 Å². The van der Waals surface area contributed by atoms with Gasteiger partial charge in [0.2, 0.25) is 0 Å². The summed E-state index contributed by atoms with van der Waals surface area (Å²) in [5.74, 6) is -0.399. The van der Waals surface area contributed by atoms with E-state index in [1.54, 1.807) is 6.92 Å². The molecule has 4 nitrogen and oxygen atoms in total. The molecule has 3 aromatic carbocycles. The molecular formula is C26H25NO3. The summed E-state index contributed by atoms with van der Waals surface area (Å²) in [5.41, 5.74) is 3.68. The maximum atomic E-state index is 12.3. The first-order valence-electron chi connectivity index (χ1n) is 10.1. The molecule has 0 amide bonds. The number of aromatic nitrogens is 1. The Balaban J connectivity index is 1.60. The maximum Gasteiger partial charge on any atom is 0.333 e. The number of para-hydroxylation sites is 2. The number of nitrogens with zero attached hydrogens (tertiary/aromatic N) is 1. The van der Waals surface area contributed by atoms with Crippen LogP contribution in [0.3, 0.4) is 0 Å². The van der Waals surface area contributed by atoms with Gasteiger partial charge in [0.05, 0.1) is 19.8 Å². The summed E-state index contributed by atoms with van der Waals surface area (Å²) in [5, 5.41) is 2.37. The molecule has 1 heterocycles. The average molecular weight is 399 g/mol. The molecule has 0 N–H and O–H groups in total.